The summed E-state index contributed by atoms with van der Waals surface area (Å²) in [7, 11) is -1.82. The summed E-state index contributed by atoms with van der Waals surface area (Å²) in [5, 5.41) is 5.90. The molecule has 2 aromatic carbocycles. The lowest BCUT2D eigenvalue weighted by Gasteiger charge is -2.28. The van der Waals surface area contributed by atoms with Crippen LogP contribution in [-0.4, -0.2) is 31.1 Å². The van der Waals surface area contributed by atoms with E-state index in [1.54, 1.807) is 6.20 Å². The van der Waals surface area contributed by atoms with Gasteiger partial charge in [0, 0.05) is 44.8 Å². The minimum atomic E-state index is -4.37. The standard InChI is InChI=1S/C17H23F3N4Si.C11H11F3N2/c1-4-25(5-2,6-3)16-13(9-10-22-24-21)14-11-12(17(18,19)20)7-8-15(14)23-16;12-11(13,14)8-1-2-10-9(5-8)7(3-4-15)6-16-10/h7-8,11,23H,4-6,9-10H2,1-3H3;1-2,5-6,16H,3-4,15H2. The van der Waals surface area contributed by atoms with Crippen LogP contribution in [0.3, 0.4) is 0 Å². The van der Waals surface area contributed by atoms with Crippen LogP contribution < -0.4 is 11.1 Å². The summed E-state index contributed by atoms with van der Waals surface area (Å²) in [5.41, 5.74) is 15.8. The number of aromatic nitrogens is 2. The van der Waals surface area contributed by atoms with Crippen molar-refractivity contribution in [2.24, 2.45) is 10.8 Å². The topological polar surface area (TPSA) is 106 Å². The molecule has 0 fully saturated rings. The Balaban J connectivity index is 0.000000248. The van der Waals surface area contributed by atoms with Crippen molar-refractivity contribution in [2.45, 2.75) is 64.1 Å². The largest absolute Gasteiger partial charge is 0.416 e. The number of nitrogens with one attached hydrogen (secondary N) is 2. The van der Waals surface area contributed by atoms with E-state index in [0.717, 1.165) is 58.3 Å². The van der Waals surface area contributed by atoms with Gasteiger partial charge in [-0.25, -0.2) is 0 Å². The molecule has 0 atom stereocenters. The highest BCUT2D eigenvalue weighted by Gasteiger charge is 2.35. The lowest BCUT2D eigenvalue weighted by Crippen LogP contribution is -2.48. The predicted octanol–water partition coefficient (Wildman–Crippen LogP) is 8.44. The van der Waals surface area contributed by atoms with Crippen molar-refractivity contribution >= 4 is 35.2 Å². The molecular formula is C28H34F6N6Si. The first-order valence-corrected chi connectivity index (χ1v) is 16.1. The van der Waals surface area contributed by atoms with Gasteiger partial charge in [-0.2, -0.15) is 26.3 Å². The van der Waals surface area contributed by atoms with E-state index in [4.69, 9.17) is 11.3 Å². The maximum Gasteiger partial charge on any atom is 0.416 e. The van der Waals surface area contributed by atoms with Gasteiger partial charge in [0.1, 0.15) is 8.07 Å². The molecule has 2 aromatic heterocycles. The molecule has 0 unspecified atom stereocenters. The van der Waals surface area contributed by atoms with E-state index < -0.39 is 31.6 Å². The lowest BCUT2D eigenvalue weighted by atomic mass is 10.1. The van der Waals surface area contributed by atoms with E-state index in [-0.39, 0.29) is 6.54 Å². The van der Waals surface area contributed by atoms with Gasteiger partial charge < -0.3 is 15.7 Å². The molecule has 0 amide bonds. The van der Waals surface area contributed by atoms with Crippen LogP contribution in [0.4, 0.5) is 26.3 Å². The average Bonchev–Trinajstić information content (AvgIpc) is 3.51. The molecule has 4 N–H and O–H groups in total. The van der Waals surface area contributed by atoms with Gasteiger partial charge in [0.15, 0.2) is 0 Å². The monoisotopic (exact) mass is 596 g/mol. The Kier molecular flexibility index (Phi) is 10.2. The average molecular weight is 597 g/mol. The van der Waals surface area contributed by atoms with Gasteiger partial charge >= 0.3 is 12.4 Å². The van der Waals surface area contributed by atoms with Crippen LogP contribution in [0.25, 0.3) is 32.2 Å². The Bertz CT molecular complexity index is 1500. The second-order valence-corrected chi connectivity index (χ2v) is 15.1. The van der Waals surface area contributed by atoms with E-state index in [2.05, 4.69) is 40.8 Å². The van der Waals surface area contributed by atoms with Gasteiger partial charge in [0.05, 0.1) is 11.1 Å². The first kappa shape index (κ1) is 32.1. The summed E-state index contributed by atoms with van der Waals surface area (Å²) < 4.78 is 76.9. The third-order valence-corrected chi connectivity index (χ3v) is 13.4. The van der Waals surface area contributed by atoms with E-state index in [0.29, 0.717) is 35.7 Å². The Morgan fingerprint density at radius 2 is 1.41 bits per heavy atom. The quantitative estimate of drug-likeness (QED) is 0.0583. The summed E-state index contributed by atoms with van der Waals surface area (Å²) in [5.74, 6) is 0. The zero-order valence-electron chi connectivity index (χ0n) is 23.2. The highest BCUT2D eigenvalue weighted by atomic mass is 28.3. The highest BCUT2D eigenvalue weighted by molar-refractivity contribution is 6.91. The maximum atomic E-state index is 13.1. The van der Waals surface area contributed by atoms with Crippen molar-refractivity contribution < 1.29 is 26.3 Å². The molecular weight excluding hydrogens is 562 g/mol. The summed E-state index contributed by atoms with van der Waals surface area (Å²) in [4.78, 5) is 9.12. The number of aromatic amines is 2. The molecule has 222 valence electrons. The van der Waals surface area contributed by atoms with Gasteiger partial charge in [-0.05, 0) is 72.4 Å². The number of azide groups is 1. The molecule has 0 aliphatic carbocycles. The summed E-state index contributed by atoms with van der Waals surface area (Å²) >= 11 is 0. The molecule has 4 rings (SSSR count). The van der Waals surface area contributed by atoms with E-state index in [1.165, 1.54) is 18.2 Å². The fourth-order valence-corrected chi connectivity index (χ4v) is 9.20. The minimum Gasteiger partial charge on any atom is -0.362 e. The Labute approximate surface area is 235 Å². The molecule has 2 heterocycles. The minimum absolute atomic E-state index is 0.244. The van der Waals surface area contributed by atoms with Gasteiger partial charge in [0.2, 0.25) is 0 Å². The van der Waals surface area contributed by atoms with Crippen molar-refractivity contribution in [3.63, 3.8) is 0 Å². The Morgan fingerprint density at radius 3 is 1.93 bits per heavy atom. The third kappa shape index (κ3) is 7.09. The number of hydrogen-bond acceptors (Lipinski definition) is 2. The molecule has 0 bridgehead atoms. The molecule has 13 heteroatoms. The van der Waals surface area contributed by atoms with Crippen LogP contribution in [0.5, 0.6) is 0 Å². The van der Waals surface area contributed by atoms with Crippen LogP contribution in [0.2, 0.25) is 18.1 Å². The number of rotatable bonds is 9. The Hall–Kier alpha value is -3.41. The number of nitrogens with zero attached hydrogens (tertiary/aromatic N) is 3. The Morgan fingerprint density at radius 1 is 0.854 bits per heavy atom. The van der Waals surface area contributed by atoms with Crippen LogP contribution in [-0.2, 0) is 25.2 Å². The van der Waals surface area contributed by atoms with Crippen molar-refractivity contribution in [1.82, 2.24) is 9.97 Å². The second-order valence-electron chi connectivity index (χ2n) is 9.89. The van der Waals surface area contributed by atoms with Crippen LogP contribution >= 0.6 is 0 Å². The van der Waals surface area contributed by atoms with Crippen LogP contribution in [0.1, 0.15) is 43.0 Å². The maximum absolute atomic E-state index is 13.1. The first-order valence-electron chi connectivity index (χ1n) is 13.5. The molecule has 0 saturated carbocycles. The van der Waals surface area contributed by atoms with E-state index >= 15 is 0 Å². The number of benzene rings is 2. The second kappa shape index (κ2) is 13.0. The number of alkyl halides is 6. The number of fused-ring (bicyclic) bond motifs is 2. The fraction of sp³-hybridized carbons (Fsp3) is 0.429. The third-order valence-electron chi connectivity index (χ3n) is 7.83. The summed E-state index contributed by atoms with van der Waals surface area (Å²) in [6, 6.07) is 10.6. The van der Waals surface area contributed by atoms with Crippen molar-refractivity contribution in [2.75, 3.05) is 13.1 Å². The number of nitrogens with two attached hydrogens (primary N) is 1. The van der Waals surface area contributed by atoms with E-state index in [1.807, 2.05) is 0 Å². The summed E-state index contributed by atoms with van der Waals surface area (Å²) in [6.07, 6.45) is -5.94. The van der Waals surface area contributed by atoms with Gasteiger partial charge in [-0.15, -0.1) is 0 Å². The van der Waals surface area contributed by atoms with E-state index in [9.17, 15) is 26.3 Å². The fourth-order valence-electron chi connectivity index (χ4n) is 5.34. The number of hydrogen-bond donors (Lipinski definition) is 3. The molecule has 0 saturated heterocycles. The van der Waals surface area contributed by atoms with Crippen molar-refractivity contribution in [1.29, 1.82) is 0 Å². The predicted molar refractivity (Wildman–Crippen MR) is 154 cm³/mol. The number of H-pyrrole nitrogens is 2. The van der Waals surface area contributed by atoms with Gasteiger partial charge in [0.25, 0.3) is 0 Å². The molecule has 6 nitrogen and oxygen atoms in total. The number of halogens is 6. The zero-order valence-corrected chi connectivity index (χ0v) is 24.2. The first-order chi connectivity index (χ1) is 19.3. The normalized spacial score (nSPS) is 12.3. The van der Waals surface area contributed by atoms with Crippen molar-refractivity contribution in [3.8, 4) is 0 Å². The molecule has 4 aromatic rings. The van der Waals surface area contributed by atoms with Gasteiger partial charge in [-0.3, -0.25) is 0 Å². The van der Waals surface area contributed by atoms with Gasteiger partial charge in [-0.1, -0.05) is 44.0 Å². The molecule has 0 aliphatic heterocycles. The van der Waals surface area contributed by atoms with Crippen LogP contribution in [0, 0.1) is 0 Å². The summed E-state index contributed by atoms with van der Waals surface area (Å²) in [6.45, 7) is 7.13. The smallest absolute Gasteiger partial charge is 0.362 e. The highest BCUT2D eigenvalue weighted by Crippen LogP contribution is 2.34. The van der Waals surface area contributed by atoms with Crippen molar-refractivity contribution in [3.05, 3.63) is 75.3 Å². The SMILES string of the molecule is CC[Si](CC)(CC)c1[nH]c2ccc(C(F)(F)F)cc2c1CCN=[N+]=[N-].NCCc1c[nH]c2ccc(C(F)(F)F)cc12. The molecule has 0 radical (unpaired) electrons. The molecule has 0 spiro atoms. The molecule has 41 heavy (non-hydrogen) atoms. The lowest BCUT2D eigenvalue weighted by molar-refractivity contribution is -0.138. The zero-order chi connectivity index (χ0) is 30.4. The van der Waals surface area contributed by atoms with Crippen LogP contribution in [0.15, 0.2) is 47.7 Å². The molecule has 0 aliphatic rings.